The van der Waals surface area contributed by atoms with Crippen molar-refractivity contribution in [1.82, 2.24) is 5.32 Å². The van der Waals surface area contributed by atoms with Gasteiger partial charge in [-0.25, -0.2) is 0 Å². The van der Waals surface area contributed by atoms with Crippen molar-refractivity contribution < 1.29 is 14.0 Å². The van der Waals surface area contributed by atoms with Gasteiger partial charge in [0.1, 0.15) is 0 Å². The van der Waals surface area contributed by atoms with Crippen molar-refractivity contribution in [2.24, 2.45) is 5.92 Å². The molecule has 0 saturated carbocycles. The number of hydrogen-bond acceptors (Lipinski definition) is 4. The number of amides is 2. The molecule has 0 spiro atoms. The van der Waals surface area contributed by atoms with E-state index >= 15 is 0 Å². The fourth-order valence-electron chi connectivity index (χ4n) is 2.83. The number of halogens is 2. The van der Waals surface area contributed by atoms with E-state index in [4.69, 9.17) is 16.0 Å². The Morgan fingerprint density at radius 3 is 2.77 bits per heavy atom. The van der Waals surface area contributed by atoms with Crippen molar-refractivity contribution in [1.29, 1.82) is 0 Å². The maximum Gasteiger partial charge on any atom is 0.291 e. The van der Waals surface area contributed by atoms with Gasteiger partial charge in [0.25, 0.3) is 5.91 Å². The lowest BCUT2D eigenvalue weighted by Gasteiger charge is -2.13. The third-order valence-corrected chi connectivity index (χ3v) is 4.43. The van der Waals surface area contributed by atoms with Crippen LogP contribution in [0.2, 0.25) is 5.02 Å². The Morgan fingerprint density at radius 1 is 1.23 bits per heavy atom. The fraction of sp³-hybridized carbons (Fsp3) is 0.333. The standard InChI is InChI=1S/C18H20ClN3O3.ClH/c19-13-4-5-14(21-17(23)6-3-12-7-8-20-11-12)15(10-13)22-18(24)16-2-1-9-25-16;/h1-2,4-5,9-10,12,20H,3,6-8,11H2,(H,21,23)(H,22,24);1H. The molecule has 1 atom stereocenters. The minimum absolute atomic E-state index is 0. The number of benzene rings is 1. The Morgan fingerprint density at radius 2 is 2.08 bits per heavy atom. The van der Waals surface area contributed by atoms with Crippen molar-refractivity contribution in [3.8, 4) is 0 Å². The van der Waals surface area contributed by atoms with Crippen molar-refractivity contribution >= 4 is 47.2 Å². The van der Waals surface area contributed by atoms with Gasteiger partial charge in [-0.05, 0) is 62.2 Å². The minimum atomic E-state index is -0.403. The van der Waals surface area contributed by atoms with Gasteiger partial charge in [-0.1, -0.05) is 11.6 Å². The largest absolute Gasteiger partial charge is 0.459 e. The van der Waals surface area contributed by atoms with Crippen molar-refractivity contribution in [2.45, 2.75) is 19.3 Å². The van der Waals surface area contributed by atoms with E-state index in [0.717, 1.165) is 25.9 Å². The van der Waals surface area contributed by atoms with Crippen LogP contribution < -0.4 is 16.0 Å². The topological polar surface area (TPSA) is 83.4 Å². The van der Waals surface area contributed by atoms with Crippen LogP contribution in [0.5, 0.6) is 0 Å². The Balaban J connectivity index is 0.00000243. The Kier molecular flexibility index (Phi) is 7.50. The molecule has 6 nitrogen and oxygen atoms in total. The van der Waals surface area contributed by atoms with Crippen LogP contribution in [0.3, 0.4) is 0 Å². The molecule has 0 aliphatic carbocycles. The summed E-state index contributed by atoms with van der Waals surface area (Å²) in [5, 5.41) is 9.32. The van der Waals surface area contributed by atoms with Crippen LogP contribution in [0.4, 0.5) is 11.4 Å². The molecule has 26 heavy (non-hydrogen) atoms. The van der Waals surface area contributed by atoms with Gasteiger partial charge >= 0.3 is 0 Å². The highest BCUT2D eigenvalue weighted by molar-refractivity contribution is 6.31. The first-order chi connectivity index (χ1) is 12.1. The van der Waals surface area contributed by atoms with Gasteiger partial charge < -0.3 is 20.4 Å². The highest BCUT2D eigenvalue weighted by atomic mass is 35.5. The average molecular weight is 398 g/mol. The van der Waals surface area contributed by atoms with Crippen molar-refractivity contribution in [3.63, 3.8) is 0 Å². The summed E-state index contributed by atoms with van der Waals surface area (Å²) in [7, 11) is 0. The van der Waals surface area contributed by atoms with Crippen molar-refractivity contribution in [3.05, 3.63) is 47.4 Å². The zero-order valence-electron chi connectivity index (χ0n) is 14.1. The summed E-state index contributed by atoms with van der Waals surface area (Å²) >= 11 is 6.01. The van der Waals surface area contributed by atoms with E-state index in [1.54, 1.807) is 30.3 Å². The lowest BCUT2D eigenvalue weighted by molar-refractivity contribution is -0.116. The molecule has 3 N–H and O–H groups in total. The molecule has 3 rings (SSSR count). The van der Waals surface area contributed by atoms with Gasteiger partial charge in [0, 0.05) is 11.4 Å². The summed E-state index contributed by atoms with van der Waals surface area (Å²) < 4.78 is 5.08. The predicted octanol–water partition coefficient (Wildman–Crippen LogP) is 3.94. The summed E-state index contributed by atoms with van der Waals surface area (Å²) in [6.45, 7) is 1.99. The first kappa shape index (κ1) is 20.3. The van der Waals surface area contributed by atoms with Gasteiger partial charge in [-0.2, -0.15) is 0 Å². The number of anilines is 2. The summed E-state index contributed by atoms with van der Waals surface area (Å²) in [4.78, 5) is 24.4. The minimum Gasteiger partial charge on any atom is -0.459 e. The summed E-state index contributed by atoms with van der Waals surface area (Å²) in [5.41, 5.74) is 0.948. The van der Waals surface area contributed by atoms with E-state index in [-0.39, 0.29) is 24.1 Å². The van der Waals surface area contributed by atoms with Crippen LogP contribution in [-0.2, 0) is 4.79 Å². The number of hydrogen-bond donors (Lipinski definition) is 3. The van der Waals surface area contributed by atoms with E-state index in [2.05, 4.69) is 16.0 Å². The first-order valence-corrected chi connectivity index (χ1v) is 8.64. The van der Waals surface area contributed by atoms with Crippen LogP contribution in [-0.4, -0.2) is 24.9 Å². The van der Waals surface area contributed by atoms with Crippen LogP contribution >= 0.6 is 24.0 Å². The number of rotatable bonds is 6. The third kappa shape index (κ3) is 5.49. The average Bonchev–Trinajstić information content (AvgIpc) is 3.29. The van der Waals surface area contributed by atoms with Crippen LogP contribution in [0.25, 0.3) is 0 Å². The third-order valence-electron chi connectivity index (χ3n) is 4.19. The van der Waals surface area contributed by atoms with E-state index < -0.39 is 5.91 Å². The monoisotopic (exact) mass is 397 g/mol. The van der Waals surface area contributed by atoms with Gasteiger partial charge in [-0.3, -0.25) is 9.59 Å². The smallest absolute Gasteiger partial charge is 0.291 e. The molecule has 2 aromatic rings. The molecule has 2 heterocycles. The van der Waals surface area contributed by atoms with E-state index in [1.165, 1.54) is 6.26 Å². The Labute approximate surface area is 163 Å². The lowest BCUT2D eigenvalue weighted by Crippen LogP contribution is -2.17. The number of furan rings is 1. The van der Waals surface area contributed by atoms with Gasteiger partial charge in [0.15, 0.2) is 5.76 Å². The Bertz CT molecular complexity index is 744. The highest BCUT2D eigenvalue weighted by Gasteiger charge is 2.17. The quantitative estimate of drug-likeness (QED) is 0.689. The van der Waals surface area contributed by atoms with Crippen LogP contribution in [0.15, 0.2) is 41.0 Å². The van der Waals surface area contributed by atoms with Crippen LogP contribution in [0.1, 0.15) is 29.8 Å². The molecule has 1 saturated heterocycles. The molecule has 1 aliphatic heterocycles. The van der Waals surface area contributed by atoms with E-state index in [0.29, 0.717) is 28.7 Å². The predicted molar refractivity (Wildman–Crippen MR) is 104 cm³/mol. The van der Waals surface area contributed by atoms with Crippen molar-refractivity contribution in [2.75, 3.05) is 23.7 Å². The molecule has 1 unspecified atom stereocenters. The number of carbonyl (C=O) groups excluding carboxylic acids is 2. The molecular formula is C18H21Cl2N3O3. The molecule has 0 radical (unpaired) electrons. The number of nitrogens with one attached hydrogen (secondary N) is 3. The summed E-state index contributed by atoms with van der Waals surface area (Å²) in [6, 6.07) is 8.13. The second-order valence-electron chi connectivity index (χ2n) is 6.07. The van der Waals surface area contributed by atoms with Gasteiger partial charge in [0.05, 0.1) is 17.6 Å². The molecule has 8 heteroatoms. The summed E-state index contributed by atoms with van der Waals surface area (Å²) in [6.07, 6.45) is 3.83. The zero-order valence-corrected chi connectivity index (χ0v) is 15.7. The SMILES string of the molecule is Cl.O=C(CCC1CCNC1)Nc1ccc(Cl)cc1NC(=O)c1ccco1. The molecule has 1 aromatic carbocycles. The molecule has 1 aliphatic rings. The normalized spacial score (nSPS) is 16.0. The van der Waals surface area contributed by atoms with Crippen LogP contribution in [0, 0.1) is 5.92 Å². The molecule has 0 bridgehead atoms. The lowest BCUT2D eigenvalue weighted by atomic mass is 10.0. The molecule has 1 aromatic heterocycles. The molecule has 1 fully saturated rings. The van der Waals surface area contributed by atoms with E-state index in [1.807, 2.05) is 0 Å². The summed E-state index contributed by atoms with van der Waals surface area (Å²) in [5.74, 6) is 0.252. The van der Waals surface area contributed by atoms with E-state index in [9.17, 15) is 9.59 Å². The second-order valence-corrected chi connectivity index (χ2v) is 6.50. The molecule has 2 amide bonds. The molecular weight excluding hydrogens is 377 g/mol. The second kappa shape index (κ2) is 9.62. The van der Waals surface area contributed by atoms with Gasteiger partial charge in [-0.15, -0.1) is 12.4 Å². The maximum atomic E-state index is 12.2. The zero-order chi connectivity index (χ0) is 17.6. The number of carbonyl (C=O) groups is 2. The Hall–Kier alpha value is -2.02. The first-order valence-electron chi connectivity index (χ1n) is 8.27. The molecule has 140 valence electrons. The maximum absolute atomic E-state index is 12.2. The highest BCUT2D eigenvalue weighted by Crippen LogP contribution is 2.27. The van der Waals surface area contributed by atoms with Gasteiger partial charge in [0.2, 0.25) is 5.91 Å². The fourth-order valence-corrected chi connectivity index (χ4v) is 3.00.